The van der Waals surface area contributed by atoms with Crippen molar-refractivity contribution in [2.24, 2.45) is 5.92 Å². The summed E-state index contributed by atoms with van der Waals surface area (Å²) < 4.78 is 65.9. The van der Waals surface area contributed by atoms with Crippen molar-refractivity contribution in [3.05, 3.63) is 65.9 Å². The van der Waals surface area contributed by atoms with Crippen molar-refractivity contribution in [1.82, 2.24) is 8.96 Å². The number of rotatable bonds is 7. The lowest BCUT2D eigenvalue weighted by molar-refractivity contribution is -0.141. The number of anilines is 1. The van der Waals surface area contributed by atoms with E-state index in [-0.39, 0.29) is 28.5 Å². The number of hydrogen-bond acceptors (Lipinski definition) is 6. The second-order valence-electron chi connectivity index (χ2n) is 8.64. The smallest absolute Gasteiger partial charge is 0.416 e. The summed E-state index contributed by atoms with van der Waals surface area (Å²) in [6.45, 7) is 4.95. The molecule has 8 nitrogen and oxygen atoms in total. The Morgan fingerprint density at radius 3 is 2.49 bits per heavy atom. The van der Waals surface area contributed by atoms with E-state index in [9.17, 15) is 31.2 Å². The van der Waals surface area contributed by atoms with Gasteiger partial charge in [0.05, 0.1) is 33.0 Å². The molecule has 1 unspecified atom stereocenters. The zero-order valence-corrected chi connectivity index (χ0v) is 22.8. The molecule has 4 rings (SSSR count). The van der Waals surface area contributed by atoms with Crippen LogP contribution in [0.4, 0.5) is 18.3 Å². The van der Waals surface area contributed by atoms with E-state index in [0.717, 1.165) is 38.9 Å². The average Bonchev–Trinajstić information content (AvgIpc) is 3.46. The quantitative estimate of drug-likeness (QED) is 0.267. The summed E-state index contributed by atoms with van der Waals surface area (Å²) in [5, 5.41) is 11.5. The molecule has 13 heteroatoms. The van der Waals surface area contributed by atoms with E-state index in [4.69, 9.17) is 5.11 Å². The van der Waals surface area contributed by atoms with Crippen molar-refractivity contribution in [1.29, 1.82) is 0 Å². The molecule has 0 saturated carbocycles. The number of amides is 1. The second-order valence-corrected chi connectivity index (χ2v) is 11.6. The van der Waals surface area contributed by atoms with Crippen LogP contribution in [0, 0.1) is 5.92 Å². The minimum absolute atomic E-state index is 0.181. The molecule has 208 valence electrons. The van der Waals surface area contributed by atoms with Gasteiger partial charge in [0.1, 0.15) is 0 Å². The van der Waals surface area contributed by atoms with Crippen LogP contribution in [0.2, 0.25) is 0 Å². The Labute approximate surface area is 226 Å². The van der Waals surface area contributed by atoms with Gasteiger partial charge in [-0.2, -0.15) is 13.2 Å². The van der Waals surface area contributed by atoms with Crippen LogP contribution in [0.5, 0.6) is 0 Å². The second kappa shape index (κ2) is 12.0. The van der Waals surface area contributed by atoms with Gasteiger partial charge >= 0.3 is 12.1 Å². The lowest BCUT2D eigenvalue weighted by Crippen LogP contribution is -2.14. The number of carbonyl (C=O) groups excluding carboxylic acids is 1. The molecule has 2 aromatic heterocycles. The minimum Gasteiger partial charge on any atom is -0.481 e. The van der Waals surface area contributed by atoms with Gasteiger partial charge in [0.2, 0.25) is 15.9 Å². The predicted octanol–water partition coefficient (Wildman–Crippen LogP) is 6.24. The van der Waals surface area contributed by atoms with Crippen molar-refractivity contribution in [2.45, 2.75) is 33.4 Å². The lowest BCUT2D eigenvalue weighted by Gasteiger charge is -2.08. The Balaban J connectivity index is 0.000000532. The number of alkyl halides is 3. The third kappa shape index (κ3) is 7.67. The van der Waals surface area contributed by atoms with E-state index >= 15 is 0 Å². The Bertz CT molecular complexity index is 1640. The zero-order chi connectivity index (χ0) is 29.0. The molecule has 0 saturated heterocycles. The number of benzene rings is 2. The molecule has 0 radical (unpaired) electrons. The van der Waals surface area contributed by atoms with Gasteiger partial charge in [-0.25, -0.2) is 17.4 Å². The Morgan fingerprint density at radius 2 is 1.90 bits per heavy atom. The molecule has 0 fully saturated rings. The number of hydrogen-bond donors (Lipinski definition) is 2. The fourth-order valence-corrected chi connectivity index (χ4v) is 5.52. The number of carboxylic acid groups (broad SMARTS) is 1. The largest absolute Gasteiger partial charge is 0.481 e. The number of carboxylic acids is 1. The van der Waals surface area contributed by atoms with E-state index < -0.39 is 27.7 Å². The number of nitrogens with one attached hydrogen (secondary N) is 1. The van der Waals surface area contributed by atoms with E-state index in [1.807, 2.05) is 13.0 Å². The molecule has 0 aliphatic carbocycles. The average molecular weight is 582 g/mol. The Kier molecular flexibility index (Phi) is 9.18. The van der Waals surface area contributed by atoms with Crippen LogP contribution in [-0.4, -0.2) is 40.1 Å². The summed E-state index contributed by atoms with van der Waals surface area (Å²) in [7, 11) is -3.82. The summed E-state index contributed by atoms with van der Waals surface area (Å²) in [5.41, 5.74) is 0.807. The fourth-order valence-electron chi connectivity index (χ4n) is 3.35. The number of thiazole rings is 1. The van der Waals surface area contributed by atoms with Gasteiger partial charge in [-0.15, -0.1) is 0 Å². The molecule has 2 heterocycles. The molecule has 39 heavy (non-hydrogen) atoms. The SMILES string of the molecule is CC(=O)Nc1nc2ccc(C=CCS(=O)(=O)n3ccc4cc(C(F)(F)F)ccc43)cc2s1.CCC(C)C(=O)O. The van der Waals surface area contributed by atoms with Gasteiger partial charge < -0.3 is 10.4 Å². The molecule has 4 aromatic rings. The first kappa shape index (κ1) is 29.8. The number of fused-ring (bicyclic) bond motifs is 2. The van der Waals surface area contributed by atoms with E-state index in [0.29, 0.717) is 10.6 Å². The summed E-state index contributed by atoms with van der Waals surface area (Å²) in [6.07, 6.45) is 0.584. The molecule has 2 aromatic carbocycles. The van der Waals surface area contributed by atoms with Gasteiger partial charge in [0.25, 0.3) is 0 Å². The number of aliphatic carboxylic acids is 1. The maximum Gasteiger partial charge on any atom is 0.416 e. The number of carbonyl (C=O) groups is 2. The Morgan fingerprint density at radius 1 is 1.18 bits per heavy atom. The molecule has 0 bridgehead atoms. The van der Waals surface area contributed by atoms with Gasteiger partial charge in [0, 0.05) is 18.5 Å². The third-order valence-electron chi connectivity index (χ3n) is 5.63. The van der Waals surface area contributed by atoms with Crippen LogP contribution in [0.3, 0.4) is 0 Å². The number of nitrogens with zero attached hydrogens (tertiary/aromatic N) is 2. The van der Waals surface area contributed by atoms with Crippen LogP contribution < -0.4 is 5.32 Å². The van der Waals surface area contributed by atoms with Crippen molar-refractivity contribution in [3.8, 4) is 0 Å². The van der Waals surface area contributed by atoms with Crippen LogP contribution in [0.1, 0.15) is 38.3 Å². The highest BCUT2D eigenvalue weighted by Gasteiger charge is 2.31. The summed E-state index contributed by atoms with van der Waals surface area (Å²) >= 11 is 1.30. The molecule has 0 spiro atoms. The van der Waals surface area contributed by atoms with Gasteiger partial charge in [0.15, 0.2) is 5.13 Å². The van der Waals surface area contributed by atoms with E-state index in [2.05, 4.69) is 10.3 Å². The monoisotopic (exact) mass is 581 g/mol. The van der Waals surface area contributed by atoms with E-state index in [1.54, 1.807) is 25.1 Å². The zero-order valence-electron chi connectivity index (χ0n) is 21.2. The summed E-state index contributed by atoms with van der Waals surface area (Å²) in [5.74, 6) is -1.44. The molecular weight excluding hydrogens is 555 g/mol. The minimum atomic E-state index is -4.50. The number of aromatic nitrogens is 2. The maximum atomic E-state index is 12.9. The van der Waals surface area contributed by atoms with Gasteiger partial charge in [-0.3, -0.25) is 9.59 Å². The van der Waals surface area contributed by atoms with Gasteiger partial charge in [-0.1, -0.05) is 43.4 Å². The van der Waals surface area contributed by atoms with Crippen LogP contribution >= 0.6 is 11.3 Å². The highest BCUT2D eigenvalue weighted by atomic mass is 32.2. The normalized spacial score (nSPS) is 12.9. The van der Waals surface area contributed by atoms with Crippen molar-refractivity contribution >= 4 is 65.6 Å². The third-order valence-corrected chi connectivity index (χ3v) is 8.09. The molecule has 0 aliphatic heterocycles. The number of halogens is 3. The molecule has 0 aliphatic rings. The topological polar surface area (TPSA) is 118 Å². The lowest BCUT2D eigenvalue weighted by atomic mass is 10.1. The molecule has 1 atom stereocenters. The summed E-state index contributed by atoms with van der Waals surface area (Å²) in [6, 6.07) is 9.65. The standard InChI is InChI=1S/C21H16F3N3O3S2.C5H10O2/c1-13(28)25-20-26-17-6-4-14(11-19(17)31-20)3-2-10-32(29,30)27-9-8-15-12-16(21(22,23)24)5-7-18(15)27;1-3-4(2)5(6)7/h2-9,11-12H,10H2,1H3,(H,25,26,28);4H,3H2,1-2H3,(H,6,7). The first-order valence-corrected chi connectivity index (χ1v) is 14.1. The first-order chi connectivity index (χ1) is 18.2. The van der Waals surface area contributed by atoms with Crippen molar-refractivity contribution in [3.63, 3.8) is 0 Å². The van der Waals surface area contributed by atoms with E-state index in [1.165, 1.54) is 36.6 Å². The Hall–Kier alpha value is -3.71. The van der Waals surface area contributed by atoms with Crippen molar-refractivity contribution < 1.29 is 36.3 Å². The van der Waals surface area contributed by atoms with Crippen molar-refractivity contribution in [2.75, 3.05) is 11.1 Å². The van der Waals surface area contributed by atoms with Crippen LogP contribution in [-0.2, 0) is 25.8 Å². The molecule has 1 amide bonds. The molecule has 2 N–H and O–H groups in total. The predicted molar refractivity (Wildman–Crippen MR) is 146 cm³/mol. The molecular formula is C26H26F3N3O5S2. The highest BCUT2D eigenvalue weighted by molar-refractivity contribution is 7.90. The van der Waals surface area contributed by atoms with Gasteiger partial charge in [-0.05, 0) is 48.4 Å². The summed E-state index contributed by atoms with van der Waals surface area (Å²) in [4.78, 5) is 25.4. The maximum absolute atomic E-state index is 12.9. The van der Waals surface area contributed by atoms with Crippen LogP contribution in [0.15, 0.2) is 54.7 Å². The fraction of sp³-hybridized carbons (Fsp3) is 0.269. The first-order valence-electron chi connectivity index (χ1n) is 11.7. The van der Waals surface area contributed by atoms with Crippen LogP contribution in [0.25, 0.3) is 27.2 Å². The highest BCUT2D eigenvalue weighted by Crippen LogP contribution is 2.32.